The molecule has 0 amide bonds. The summed E-state index contributed by atoms with van der Waals surface area (Å²) in [6, 6.07) is 7.29. The highest BCUT2D eigenvalue weighted by atomic mass is 79.9. The van der Waals surface area contributed by atoms with Crippen LogP contribution in [0.4, 0.5) is 13.2 Å². The monoisotopic (exact) mass is 336 g/mol. The van der Waals surface area contributed by atoms with Crippen LogP contribution in [0.15, 0.2) is 34.8 Å². The first-order chi connectivity index (χ1) is 8.36. The second-order valence-corrected chi connectivity index (χ2v) is 4.71. The average Bonchev–Trinajstić information content (AvgIpc) is 2.28. The van der Waals surface area contributed by atoms with E-state index in [0.29, 0.717) is 11.6 Å². The number of aromatic nitrogens is 2. The molecule has 0 saturated carbocycles. The van der Waals surface area contributed by atoms with Gasteiger partial charge >= 0.3 is 6.18 Å². The quantitative estimate of drug-likeness (QED) is 0.712. The Labute approximate surface area is 114 Å². The minimum absolute atomic E-state index is 0.0534. The van der Waals surface area contributed by atoms with Crippen molar-refractivity contribution in [2.75, 3.05) is 0 Å². The third-order valence-electron chi connectivity index (χ3n) is 2.09. The van der Waals surface area contributed by atoms with Crippen LogP contribution in [-0.2, 0) is 6.18 Å². The normalized spacial score (nSPS) is 11.6. The van der Waals surface area contributed by atoms with Crippen LogP contribution in [0.5, 0.6) is 0 Å². The summed E-state index contributed by atoms with van der Waals surface area (Å²) in [6.07, 6.45) is -4.54. The van der Waals surface area contributed by atoms with Gasteiger partial charge in [-0.2, -0.15) is 13.2 Å². The van der Waals surface area contributed by atoms with Crippen LogP contribution >= 0.6 is 27.5 Å². The van der Waals surface area contributed by atoms with Gasteiger partial charge in [0.25, 0.3) is 0 Å². The third-order valence-corrected chi connectivity index (χ3v) is 2.81. The number of hydrogen-bond acceptors (Lipinski definition) is 2. The lowest BCUT2D eigenvalue weighted by Gasteiger charge is -2.08. The lowest BCUT2D eigenvalue weighted by molar-refractivity contribution is -0.141. The maximum absolute atomic E-state index is 12.6. The highest BCUT2D eigenvalue weighted by Gasteiger charge is 2.33. The van der Waals surface area contributed by atoms with Crippen LogP contribution in [0.3, 0.4) is 0 Å². The van der Waals surface area contributed by atoms with Gasteiger partial charge in [0.15, 0.2) is 5.82 Å². The zero-order valence-electron chi connectivity index (χ0n) is 8.67. The van der Waals surface area contributed by atoms with Crippen molar-refractivity contribution in [2.45, 2.75) is 6.18 Å². The average molecular weight is 338 g/mol. The summed E-state index contributed by atoms with van der Waals surface area (Å²) in [7, 11) is 0. The Balaban J connectivity index is 2.52. The third kappa shape index (κ3) is 3.00. The zero-order valence-corrected chi connectivity index (χ0v) is 11.0. The van der Waals surface area contributed by atoms with E-state index >= 15 is 0 Å². The molecular weight excluding hydrogens is 332 g/mol. The summed E-state index contributed by atoms with van der Waals surface area (Å²) >= 11 is 8.81. The van der Waals surface area contributed by atoms with E-state index in [1.165, 1.54) is 0 Å². The first-order valence-corrected chi connectivity index (χ1v) is 5.91. The van der Waals surface area contributed by atoms with Gasteiger partial charge in [-0.3, -0.25) is 0 Å². The number of hydrogen-bond donors (Lipinski definition) is 0. The van der Waals surface area contributed by atoms with Crippen LogP contribution in [-0.4, -0.2) is 9.97 Å². The number of alkyl halides is 3. The SMILES string of the molecule is FC(F)(F)c1cc(Cl)nc(-c2ccc(Br)cc2)n1. The molecule has 94 valence electrons. The first-order valence-electron chi connectivity index (χ1n) is 4.74. The molecule has 2 nitrogen and oxygen atoms in total. The van der Waals surface area contributed by atoms with Crippen LogP contribution in [0.1, 0.15) is 5.69 Å². The molecule has 18 heavy (non-hydrogen) atoms. The predicted molar refractivity (Wildman–Crippen MR) is 65.2 cm³/mol. The van der Waals surface area contributed by atoms with Gasteiger partial charge in [-0.1, -0.05) is 39.7 Å². The number of halogens is 5. The van der Waals surface area contributed by atoms with Gasteiger partial charge < -0.3 is 0 Å². The molecule has 2 rings (SSSR count). The van der Waals surface area contributed by atoms with Crippen molar-refractivity contribution in [1.82, 2.24) is 9.97 Å². The second-order valence-electron chi connectivity index (χ2n) is 3.40. The molecule has 0 saturated heterocycles. The molecule has 1 aromatic heterocycles. The van der Waals surface area contributed by atoms with Crippen LogP contribution < -0.4 is 0 Å². The summed E-state index contributed by atoms with van der Waals surface area (Å²) in [5.74, 6) is -0.0534. The summed E-state index contributed by atoms with van der Waals surface area (Å²) in [5.41, 5.74) is -0.591. The molecule has 0 radical (unpaired) electrons. The second kappa shape index (κ2) is 4.85. The first kappa shape index (κ1) is 13.3. The van der Waals surface area contributed by atoms with Gasteiger partial charge in [0, 0.05) is 16.1 Å². The minimum atomic E-state index is -4.54. The van der Waals surface area contributed by atoms with E-state index < -0.39 is 11.9 Å². The number of benzene rings is 1. The maximum atomic E-state index is 12.6. The molecule has 0 aliphatic carbocycles. The molecule has 7 heteroatoms. The molecule has 2 aromatic rings. The lowest BCUT2D eigenvalue weighted by atomic mass is 10.2. The summed E-state index contributed by atoms with van der Waals surface area (Å²) in [5, 5.41) is -0.241. The van der Waals surface area contributed by atoms with Gasteiger partial charge in [0.05, 0.1) is 0 Å². The fourth-order valence-electron chi connectivity index (χ4n) is 1.29. The highest BCUT2D eigenvalue weighted by molar-refractivity contribution is 9.10. The molecule has 0 unspecified atom stereocenters. The van der Waals surface area contributed by atoms with E-state index in [4.69, 9.17) is 11.6 Å². The molecule has 0 bridgehead atoms. The van der Waals surface area contributed by atoms with Crippen LogP contribution in [0, 0.1) is 0 Å². The maximum Gasteiger partial charge on any atom is 0.433 e. The summed E-state index contributed by atoms with van der Waals surface area (Å²) in [4.78, 5) is 7.26. The molecule has 0 aliphatic rings. The van der Waals surface area contributed by atoms with E-state index in [2.05, 4.69) is 25.9 Å². The molecular formula is C11H5BrClF3N2. The van der Waals surface area contributed by atoms with Crippen molar-refractivity contribution in [3.63, 3.8) is 0 Å². The number of rotatable bonds is 1. The molecule has 0 aliphatic heterocycles. The van der Waals surface area contributed by atoms with Gasteiger partial charge in [-0.05, 0) is 12.1 Å². The van der Waals surface area contributed by atoms with E-state index in [9.17, 15) is 13.2 Å². The van der Waals surface area contributed by atoms with Crippen molar-refractivity contribution in [3.05, 3.63) is 45.7 Å². The van der Waals surface area contributed by atoms with E-state index in [-0.39, 0.29) is 11.0 Å². The standard InChI is InChI=1S/C11H5BrClF3N2/c12-7-3-1-6(2-4-7)10-17-8(11(14,15)16)5-9(13)18-10/h1-5H. The van der Waals surface area contributed by atoms with Gasteiger partial charge in [-0.25, -0.2) is 9.97 Å². The molecule has 1 heterocycles. The summed E-state index contributed by atoms with van der Waals surface area (Å²) < 4.78 is 38.5. The lowest BCUT2D eigenvalue weighted by Crippen LogP contribution is -2.09. The molecule has 0 spiro atoms. The van der Waals surface area contributed by atoms with Gasteiger partial charge in [0.1, 0.15) is 10.8 Å². The van der Waals surface area contributed by atoms with E-state index in [1.807, 2.05) is 0 Å². The van der Waals surface area contributed by atoms with Crippen LogP contribution in [0.25, 0.3) is 11.4 Å². The topological polar surface area (TPSA) is 25.8 Å². The Morgan fingerprint density at radius 1 is 1.06 bits per heavy atom. The molecule has 1 aromatic carbocycles. The Hall–Kier alpha value is -1.14. The fourth-order valence-corrected chi connectivity index (χ4v) is 1.74. The zero-order chi connectivity index (χ0) is 13.3. The fraction of sp³-hybridized carbons (Fsp3) is 0.0909. The van der Waals surface area contributed by atoms with Crippen molar-refractivity contribution >= 4 is 27.5 Å². The Bertz CT molecular complexity index is 569. The van der Waals surface area contributed by atoms with Crippen molar-refractivity contribution in [2.24, 2.45) is 0 Å². The van der Waals surface area contributed by atoms with E-state index in [0.717, 1.165) is 4.47 Å². The van der Waals surface area contributed by atoms with Crippen molar-refractivity contribution in [1.29, 1.82) is 0 Å². The largest absolute Gasteiger partial charge is 0.433 e. The van der Waals surface area contributed by atoms with Gasteiger partial charge in [0.2, 0.25) is 0 Å². The Morgan fingerprint density at radius 2 is 1.67 bits per heavy atom. The minimum Gasteiger partial charge on any atom is -0.223 e. The highest BCUT2D eigenvalue weighted by Crippen LogP contribution is 2.30. The predicted octanol–water partition coefficient (Wildman–Crippen LogP) is 4.58. The summed E-state index contributed by atoms with van der Waals surface area (Å²) in [6.45, 7) is 0. The van der Waals surface area contributed by atoms with Crippen LogP contribution in [0.2, 0.25) is 5.15 Å². The molecule has 0 atom stereocenters. The number of nitrogens with zero attached hydrogens (tertiary/aromatic N) is 2. The smallest absolute Gasteiger partial charge is 0.223 e. The van der Waals surface area contributed by atoms with Gasteiger partial charge in [-0.15, -0.1) is 0 Å². The molecule has 0 fully saturated rings. The van der Waals surface area contributed by atoms with E-state index in [1.54, 1.807) is 24.3 Å². The van der Waals surface area contributed by atoms with Crippen molar-refractivity contribution < 1.29 is 13.2 Å². The van der Waals surface area contributed by atoms with Crippen molar-refractivity contribution in [3.8, 4) is 11.4 Å². The molecule has 0 N–H and O–H groups in total. The Morgan fingerprint density at radius 3 is 2.22 bits per heavy atom. The Kier molecular flexibility index (Phi) is 3.59.